The van der Waals surface area contributed by atoms with E-state index in [2.05, 4.69) is 5.32 Å². The summed E-state index contributed by atoms with van der Waals surface area (Å²) < 4.78 is 5.57. The quantitative estimate of drug-likeness (QED) is 0.495. The highest BCUT2D eigenvalue weighted by molar-refractivity contribution is 6.42. The first-order valence-corrected chi connectivity index (χ1v) is 10.8. The van der Waals surface area contributed by atoms with Gasteiger partial charge in [-0.2, -0.15) is 0 Å². The number of nitrogens with one attached hydrogen (secondary N) is 1. The molecule has 0 bridgehead atoms. The van der Waals surface area contributed by atoms with Crippen molar-refractivity contribution in [1.82, 2.24) is 10.2 Å². The average molecular weight is 492 g/mol. The van der Waals surface area contributed by atoms with Gasteiger partial charge in [-0.25, -0.2) is 0 Å². The molecule has 0 spiro atoms. The number of halogens is 4. The molecule has 0 radical (unpaired) electrons. The Kier molecular flexibility index (Phi) is 9.56. The lowest BCUT2D eigenvalue weighted by Gasteiger charge is -2.29. The minimum atomic E-state index is -0.720. The molecule has 30 heavy (non-hydrogen) atoms. The molecule has 0 saturated carbocycles. The number of amides is 2. The summed E-state index contributed by atoms with van der Waals surface area (Å²) in [5.74, 6) is -0.312. The van der Waals surface area contributed by atoms with Crippen LogP contribution >= 0.6 is 46.4 Å². The Balaban J connectivity index is 2.18. The standard InChI is InChI=1S/C21H22Cl4N2O3/c1-3-8-26-21(29)13(2)27(11-14-4-6-16(23)17(24)9-14)20(28)12-30-19-7-5-15(22)10-18(19)25/h4-7,9-10,13H,3,8,11-12H2,1-2H3,(H,26,29). The third kappa shape index (κ3) is 6.95. The number of hydrogen-bond donors (Lipinski definition) is 1. The van der Waals surface area contributed by atoms with E-state index in [1.54, 1.807) is 37.3 Å². The van der Waals surface area contributed by atoms with Crippen LogP contribution in [-0.2, 0) is 16.1 Å². The van der Waals surface area contributed by atoms with Gasteiger partial charge in [0, 0.05) is 18.1 Å². The van der Waals surface area contributed by atoms with Gasteiger partial charge in [0.25, 0.3) is 5.91 Å². The Morgan fingerprint density at radius 3 is 2.40 bits per heavy atom. The fraction of sp³-hybridized carbons (Fsp3) is 0.333. The molecule has 5 nitrogen and oxygen atoms in total. The zero-order valence-electron chi connectivity index (χ0n) is 16.6. The van der Waals surface area contributed by atoms with Crippen LogP contribution in [0.3, 0.4) is 0 Å². The van der Waals surface area contributed by atoms with Gasteiger partial charge in [-0.1, -0.05) is 59.4 Å². The summed E-state index contributed by atoms with van der Waals surface area (Å²) in [5.41, 5.74) is 0.734. The predicted molar refractivity (Wildman–Crippen MR) is 122 cm³/mol. The molecule has 2 amide bonds. The molecule has 1 unspecified atom stereocenters. The van der Waals surface area contributed by atoms with Crippen molar-refractivity contribution in [2.45, 2.75) is 32.9 Å². The molecule has 1 N–H and O–H groups in total. The molecular weight excluding hydrogens is 470 g/mol. The zero-order valence-corrected chi connectivity index (χ0v) is 19.6. The fourth-order valence-electron chi connectivity index (χ4n) is 2.63. The highest BCUT2D eigenvalue weighted by Crippen LogP contribution is 2.28. The van der Waals surface area contributed by atoms with Crippen LogP contribution < -0.4 is 10.1 Å². The van der Waals surface area contributed by atoms with Gasteiger partial charge in [-0.15, -0.1) is 0 Å². The highest BCUT2D eigenvalue weighted by Gasteiger charge is 2.26. The SMILES string of the molecule is CCCNC(=O)C(C)N(Cc1ccc(Cl)c(Cl)c1)C(=O)COc1ccc(Cl)cc1Cl. The van der Waals surface area contributed by atoms with Gasteiger partial charge in [-0.05, 0) is 49.2 Å². The van der Waals surface area contributed by atoms with Crippen LogP contribution in [-0.4, -0.2) is 35.9 Å². The highest BCUT2D eigenvalue weighted by atomic mass is 35.5. The van der Waals surface area contributed by atoms with E-state index in [-0.39, 0.29) is 25.0 Å². The summed E-state index contributed by atoms with van der Waals surface area (Å²) in [7, 11) is 0. The molecule has 1 atom stereocenters. The first-order chi connectivity index (χ1) is 14.2. The van der Waals surface area contributed by atoms with E-state index in [1.165, 1.54) is 11.0 Å². The van der Waals surface area contributed by atoms with E-state index in [9.17, 15) is 9.59 Å². The summed E-state index contributed by atoms with van der Waals surface area (Å²) in [4.78, 5) is 26.9. The van der Waals surface area contributed by atoms with E-state index in [4.69, 9.17) is 51.1 Å². The number of ether oxygens (including phenoxy) is 1. The largest absolute Gasteiger partial charge is 0.482 e. The first kappa shape index (κ1) is 24.6. The lowest BCUT2D eigenvalue weighted by atomic mass is 10.1. The molecule has 2 aromatic rings. The van der Waals surface area contributed by atoms with Gasteiger partial charge < -0.3 is 15.0 Å². The average Bonchev–Trinajstić information content (AvgIpc) is 2.71. The van der Waals surface area contributed by atoms with Crippen LogP contribution in [0.4, 0.5) is 0 Å². The Morgan fingerprint density at radius 2 is 1.77 bits per heavy atom. The maximum Gasteiger partial charge on any atom is 0.261 e. The van der Waals surface area contributed by atoms with Crippen molar-refractivity contribution in [2.24, 2.45) is 0 Å². The van der Waals surface area contributed by atoms with Gasteiger partial charge in [0.15, 0.2) is 6.61 Å². The third-order valence-corrected chi connectivity index (χ3v) is 5.57. The van der Waals surface area contributed by atoms with Crippen LogP contribution in [0.25, 0.3) is 0 Å². The smallest absolute Gasteiger partial charge is 0.261 e. The summed E-state index contributed by atoms with van der Waals surface area (Å²) >= 11 is 24.1. The van der Waals surface area contributed by atoms with Gasteiger partial charge in [0.2, 0.25) is 5.91 Å². The second-order valence-corrected chi connectivity index (χ2v) is 8.26. The Morgan fingerprint density at radius 1 is 1.03 bits per heavy atom. The van der Waals surface area contributed by atoms with E-state index in [0.717, 1.165) is 12.0 Å². The van der Waals surface area contributed by atoms with Gasteiger partial charge in [-0.3, -0.25) is 9.59 Å². The van der Waals surface area contributed by atoms with Gasteiger partial charge in [0.05, 0.1) is 15.1 Å². The topological polar surface area (TPSA) is 58.6 Å². The lowest BCUT2D eigenvalue weighted by Crippen LogP contribution is -2.49. The first-order valence-electron chi connectivity index (χ1n) is 9.31. The Labute approximate surface area is 196 Å². The maximum absolute atomic E-state index is 13.0. The summed E-state index contributed by atoms with van der Waals surface area (Å²) in [5, 5.41) is 4.34. The number of nitrogens with zero attached hydrogens (tertiary/aromatic N) is 1. The minimum absolute atomic E-state index is 0.161. The fourth-order valence-corrected chi connectivity index (χ4v) is 3.41. The molecule has 0 aliphatic heterocycles. The second kappa shape index (κ2) is 11.7. The number of carbonyl (C=O) groups is 2. The summed E-state index contributed by atoms with van der Waals surface area (Å²) in [6, 6.07) is 9.06. The van der Waals surface area contributed by atoms with Gasteiger partial charge in [0.1, 0.15) is 11.8 Å². The van der Waals surface area contributed by atoms with Crippen molar-refractivity contribution in [2.75, 3.05) is 13.2 Å². The third-order valence-electron chi connectivity index (χ3n) is 4.30. The number of benzene rings is 2. The molecule has 0 aliphatic rings. The molecule has 2 aromatic carbocycles. The van der Waals surface area contributed by atoms with E-state index >= 15 is 0 Å². The molecule has 162 valence electrons. The monoisotopic (exact) mass is 490 g/mol. The molecule has 2 rings (SSSR count). The number of carbonyl (C=O) groups excluding carboxylic acids is 2. The number of hydrogen-bond acceptors (Lipinski definition) is 3. The summed E-state index contributed by atoms with van der Waals surface area (Å²) in [6.45, 7) is 4.00. The number of rotatable bonds is 9. The molecule has 0 aliphatic carbocycles. The van der Waals surface area contributed by atoms with Crippen LogP contribution in [0.1, 0.15) is 25.8 Å². The molecule has 0 saturated heterocycles. The molecule has 0 aromatic heterocycles. The zero-order chi connectivity index (χ0) is 22.3. The Hall–Kier alpha value is -1.66. The van der Waals surface area contributed by atoms with Crippen molar-refractivity contribution in [1.29, 1.82) is 0 Å². The van der Waals surface area contributed by atoms with Crippen molar-refractivity contribution >= 4 is 58.2 Å². The second-order valence-electron chi connectivity index (χ2n) is 6.60. The van der Waals surface area contributed by atoms with Crippen LogP contribution in [0.2, 0.25) is 20.1 Å². The maximum atomic E-state index is 13.0. The van der Waals surface area contributed by atoms with Crippen molar-refractivity contribution in [3.05, 3.63) is 62.1 Å². The predicted octanol–water partition coefficient (Wildman–Crippen LogP) is 5.62. The molecule has 0 heterocycles. The van der Waals surface area contributed by atoms with E-state index < -0.39 is 6.04 Å². The van der Waals surface area contributed by atoms with Crippen LogP contribution in [0.5, 0.6) is 5.75 Å². The van der Waals surface area contributed by atoms with Crippen molar-refractivity contribution in [3.63, 3.8) is 0 Å². The molecule has 0 fully saturated rings. The lowest BCUT2D eigenvalue weighted by molar-refractivity contribution is -0.142. The normalized spacial score (nSPS) is 11.7. The van der Waals surface area contributed by atoms with Crippen molar-refractivity contribution in [3.8, 4) is 5.75 Å². The van der Waals surface area contributed by atoms with E-state index in [1.807, 2.05) is 6.92 Å². The Bertz CT molecular complexity index is 908. The molecule has 9 heteroatoms. The van der Waals surface area contributed by atoms with E-state index in [0.29, 0.717) is 32.4 Å². The van der Waals surface area contributed by atoms with Crippen LogP contribution in [0.15, 0.2) is 36.4 Å². The van der Waals surface area contributed by atoms with Gasteiger partial charge >= 0.3 is 0 Å². The van der Waals surface area contributed by atoms with Crippen molar-refractivity contribution < 1.29 is 14.3 Å². The minimum Gasteiger partial charge on any atom is -0.482 e. The summed E-state index contributed by atoms with van der Waals surface area (Å²) in [6.07, 6.45) is 0.789. The molecular formula is C21H22Cl4N2O3. The van der Waals surface area contributed by atoms with Crippen LogP contribution in [0, 0.1) is 0 Å².